The molecule has 0 radical (unpaired) electrons. The maximum Gasteiger partial charge on any atom is 0.144 e. The third-order valence-electron chi connectivity index (χ3n) is 3.03. The molecule has 4 nitrogen and oxygen atoms in total. The lowest BCUT2D eigenvalue weighted by Crippen LogP contribution is -1.98. The maximum absolute atomic E-state index is 9.23. The molecule has 0 unspecified atom stereocenters. The molecule has 3 aromatic rings. The summed E-state index contributed by atoms with van der Waals surface area (Å²) in [4.78, 5) is 4.36. The van der Waals surface area contributed by atoms with E-state index in [0.29, 0.717) is 11.3 Å². The second-order valence-electron chi connectivity index (χ2n) is 4.10. The quantitative estimate of drug-likeness (QED) is 0.701. The fourth-order valence-corrected chi connectivity index (χ4v) is 2.09. The van der Waals surface area contributed by atoms with Crippen molar-refractivity contribution in [3.8, 4) is 17.5 Å². The Morgan fingerprint density at radius 1 is 1.26 bits per heavy atom. The summed E-state index contributed by atoms with van der Waals surface area (Å²) in [5.74, 6) is 0.715. The number of ether oxygens (including phenoxy) is 1. The summed E-state index contributed by atoms with van der Waals surface area (Å²) in [7, 11) is 1.61. The highest BCUT2D eigenvalue weighted by atomic mass is 16.5. The zero-order chi connectivity index (χ0) is 13.2. The molecular weight excluding hydrogens is 238 g/mol. The molecule has 0 saturated heterocycles. The van der Waals surface area contributed by atoms with Gasteiger partial charge in [-0.1, -0.05) is 0 Å². The molecule has 0 aliphatic rings. The van der Waals surface area contributed by atoms with Crippen LogP contribution in [0.2, 0.25) is 0 Å². The fraction of sp³-hybridized carbons (Fsp3) is 0.0667. The SMILES string of the molecule is COc1ccc(C#N)c(-n2ccc3cccnc32)c1. The highest BCUT2D eigenvalue weighted by Gasteiger charge is 2.09. The van der Waals surface area contributed by atoms with E-state index in [1.54, 1.807) is 25.4 Å². The summed E-state index contributed by atoms with van der Waals surface area (Å²) in [5.41, 5.74) is 2.19. The Morgan fingerprint density at radius 3 is 2.95 bits per heavy atom. The van der Waals surface area contributed by atoms with E-state index in [2.05, 4.69) is 11.1 Å². The summed E-state index contributed by atoms with van der Waals surface area (Å²) in [5, 5.41) is 10.3. The van der Waals surface area contributed by atoms with Gasteiger partial charge in [0.05, 0.1) is 18.4 Å². The number of rotatable bonds is 2. The molecule has 4 heteroatoms. The van der Waals surface area contributed by atoms with E-state index >= 15 is 0 Å². The van der Waals surface area contributed by atoms with Crippen molar-refractivity contribution in [3.05, 3.63) is 54.4 Å². The number of nitrogens with zero attached hydrogens (tertiary/aromatic N) is 3. The zero-order valence-electron chi connectivity index (χ0n) is 10.4. The van der Waals surface area contributed by atoms with Crippen LogP contribution in [0.4, 0.5) is 0 Å². The van der Waals surface area contributed by atoms with Crippen molar-refractivity contribution in [1.29, 1.82) is 5.26 Å². The van der Waals surface area contributed by atoms with E-state index in [1.807, 2.05) is 35.0 Å². The Bertz CT molecular complexity index is 783. The summed E-state index contributed by atoms with van der Waals surface area (Å²) in [6.45, 7) is 0. The first kappa shape index (κ1) is 11.3. The molecule has 2 heterocycles. The first-order valence-corrected chi connectivity index (χ1v) is 5.84. The lowest BCUT2D eigenvalue weighted by Gasteiger charge is -2.09. The zero-order valence-corrected chi connectivity index (χ0v) is 10.4. The number of benzene rings is 1. The number of methoxy groups -OCH3 is 1. The van der Waals surface area contributed by atoms with Crippen molar-refractivity contribution in [2.24, 2.45) is 0 Å². The second kappa shape index (κ2) is 4.46. The Kier molecular flexibility index (Phi) is 2.66. The van der Waals surface area contributed by atoms with Gasteiger partial charge in [0.1, 0.15) is 17.5 Å². The van der Waals surface area contributed by atoms with Gasteiger partial charge in [0.2, 0.25) is 0 Å². The third-order valence-corrected chi connectivity index (χ3v) is 3.03. The molecule has 92 valence electrons. The van der Waals surface area contributed by atoms with Crippen LogP contribution in [0.15, 0.2) is 48.8 Å². The number of fused-ring (bicyclic) bond motifs is 1. The van der Waals surface area contributed by atoms with Gasteiger partial charge in [-0.25, -0.2) is 4.98 Å². The van der Waals surface area contributed by atoms with Gasteiger partial charge in [-0.05, 0) is 30.3 Å². The molecule has 3 rings (SSSR count). The van der Waals surface area contributed by atoms with Gasteiger partial charge in [-0.3, -0.25) is 4.57 Å². The summed E-state index contributed by atoms with van der Waals surface area (Å²) in [6, 6.07) is 13.4. The number of nitriles is 1. The number of hydrogen-bond acceptors (Lipinski definition) is 3. The van der Waals surface area contributed by atoms with Crippen molar-refractivity contribution in [1.82, 2.24) is 9.55 Å². The highest BCUT2D eigenvalue weighted by molar-refractivity contribution is 5.78. The molecule has 0 amide bonds. The molecule has 1 aromatic carbocycles. The van der Waals surface area contributed by atoms with E-state index < -0.39 is 0 Å². The minimum atomic E-state index is 0.587. The van der Waals surface area contributed by atoms with Gasteiger partial charge in [0.25, 0.3) is 0 Å². The molecule has 0 fully saturated rings. The van der Waals surface area contributed by atoms with Crippen molar-refractivity contribution < 1.29 is 4.74 Å². The van der Waals surface area contributed by atoms with Crippen LogP contribution >= 0.6 is 0 Å². The van der Waals surface area contributed by atoms with Gasteiger partial charge < -0.3 is 4.74 Å². The largest absolute Gasteiger partial charge is 0.497 e. The molecule has 0 aliphatic heterocycles. The van der Waals surface area contributed by atoms with Gasteiger partial charge in [-0.15, -0.1) is 0 Å². The summed E-state index contributed by atoms with van der Waals surface area (Å²) >= 11 is 0. The average Bonchev–Trinajstić information content (AvgIpc) is 2.90. The van der Waals surface area contributed by atoms with Crippen molar-refractivity contribution in [3.63, 3.8) is 0 Å². The minimum Gasteiger partial charge on any atom is -0.497 e. The number of aromatic nitrogens is 2. The topological polar surface area (TPSA) is 50.8 Å². The molecule has 0 aliphatic carbocycles. The molecule has 0 N–H and O–H groups in total. The van der Waals surface area contributed by atoms with E-state index in [-0.39, 0.29) is 0 Å². The van der Waals surface area contributed by atoms with Gasteiger partial charge >= 0.3 is 0 Å². The molecular formula is C15H11N3O. The Balaban J connectivity index is 2.29. The first-order valence-electron chi connectivity index (χ1n) is 5.84. The van der Waals surface area contributed by atoms with Crippen LogP contribution in [0.25, 0.3) is 16.7 Å². The number of pyridine rings is 1. The van der Waals surface area contributed by atoms with Crippen LogP contribution in [0, 0.1) is 11.3 Å². The van der Waals surface area contributed by atoms with Crippen LogP contribution in [-0.4, -0.2) is 16.7 Å². The Morgan fingerprint density at radius 2 is 2.16 bits per heavy atom. The smallest absolute Gasteiger partial charge is 0.144 e. The van der Waals surface area contributed by atoms with E-state index in [1.165, 1.54) is 0 Å². The lowest BCUT2D eigenvalue weighted by atomic mass is 10.2. The maximum atomic E-state index is 9.23. The normalized spacial score (nSPS) is 10.3. The predicted octanol–water partition coefficient (Wildman–Crippen LogP) is 2.91. The van der Waals surface area contributed by atoms with Crippen LogP contribution in [-0.2, 0) is 0 Å². The van der Waals surface area contributed by atoms with E-state index in [0.717, 1.165) is 16.7 Å². The lowest BCUT2D eigenvalue weighted by molar-refractivity contribution is 0.414. The first-order chi connectivity index (χ1) is 9.33. The van der Waals surface area contributed by atoms with Crippen LogP contribution < -0.4 is 4.74 Å². The van der Waals surface area contributed by atoms with Crippen molar-refractivity contribution in [2.45, 2.75) is 0 Å². The minimum absolute atomic E-state index is 0.587. The molecule has 0 spiro atoms. The second-order valence-corrected chi connectivity index (χ2v) is 4.10. The molecule has 2 aromatic heterocycles. The Labute approximate surface area is 110 Å². The van der Waals surface area contributed by atoms with Crippen LogP contribution in [0.1, 0.15) is 5.56 Å². The standard InChI is InChI=1S/C15H11N3O/c1-19-13-5-4-12(10-16)14(9-13)18-8-6-11-3-2-7-17-15(11)18/h2-9H,1H3. The van der Waals surface area contributed by atoms with Crippen molar-refractivity contribution >= 4 is 11.0 Å². The molecule has 0 bridgehead atoms. The summed E-state index contributed by atoms with van der Waals surface area (Å²) in [6.07, 6.45) is 3.65. The van der Waals surface area contributed by atoms with Crippen LogP contribution in [0.3, 0.4) is 0 Å². The highest BCUT2D eigenvalue weighted by Crippen LogP contribution is 2.24. The monoisotopic (exact) mass is 249 g/mol. The predicted molar refractivity (Wildman–Crippen MR) is 72.3 cm³/mol. The van der Waals surface area contributed by atoms with E-state index in [4.69, 9.17) is 4.74 Å². The van der Waals surface area contributed by atoms with E-state index in [9.17, 15) is 5.26 Å². The van der Waals surface area contributed by atoms with Gasteiger partial charge in [0, 0.05) is 23.8 Å². The Hall–Kier alpha value is -2.80. The van der Waals surface area contributed by atoms with Gasteiger partial charge in [0.15, 0.2) is 0 Å². The van der Waals surface area contributed by atoms with Crippen molar-refractivity contribution in [2.75, 3.05) is 7.11 Å². The molecule has 0 saturated carbocycles. The summed E-state index contributed by atoms with van der Waals surface area (Å²) < 4.78 is 7.12. The third kappa shape index (κ3) is 1.81. The number of hydrogen-bond donors (Lipinski definition) is 0. The van der Waals surface area contributed by atoms with Gasteiger partial charge in [-0.2, -0.15) is 5.26 Å². The average molecular weight is 249 g/mol. The fourth-order valence-electron chi connectivity index (χ4n) is 2.09. The molecule has 0 atom stereocenters. The molecule has 19 heavy (non-hydrogen) atoms. The van der Waals surface area contributed by atoms with Crippen LogP contribution in [0.5, 0.6) is 5.75 Å².